The number of carboxylic acid groups (broad SMARTS) is 1. The van der Waals surface area contributed by atoms with Crippen molar-refractivity contribution in [1.82, 2.24) is 4.90 Å². The van der Waals surface area contributed by atoms with E-state index >= 15 is 0 Å². The predicted octanol–water partition coefficient (Wildman–Crippen LogP) is 2.85. The first-order valence-corrected chi connectivity index (χ1v) is 7.24. The Bertz CT molecular complexity index is 544. The number of rotatable bonds is 4. The zero-order valence-corrected chi connectivity index (χ0v) is 12.1. The van der Waals surface area contributed by atoms with E-state index in [0.29, 0.717) is 30.6 Å². The van der Waals surface area contributed by atoms with Crippen LogP contribution in [0.4, 0.5) is 4.39 Å². The van der Waals surface area contributed by atoms with Crippen LogP contribution in [0.2, 0.25) is 0 Å². The van der Waals surface area contributed by atoms with E-state index in [2.05, 4.69) is 0 Å². The SMILES string of the molecule is Cc1ccc(C(=O)N2CCC[C@H](CCC(=O)O)C2)cc1F. The van der Waals surface area contributed by atoms with Gasteiger partial charge in [-0.05, 0) is 49.8 Å². The van der Waals surface area contributed by atoms with Crippen LogP contribution in [0.5, 0.6) is 0 Å². The van der Waals surface area contributed by atoms with Gasteiger partial charge < -0.3 is 10.0 Å². The standard InChI is InChI=1S/C16H20FNO3/c1-11-4-6-13(9-14(11)17)16(21)18-8-2-3-12(10-18)5-7-15(19)20/h4,6,9,12H,2-3,5,7-8,10H2,1H3,(H,19,20)/t12-/m1/s1. The van der Waals surface area contributed by atoms with Crippen molar-refractivity contribution < 1.29 is 19.1 Å². The van der Waals surface area contributed by atoms with E-state index in [-0.39, 0.29) is 24.1 Å². The molecule has 1 aliphatic heterocycles. The molecule has 0 aliphatic carbocycles. The van der Waals surface area contributed by atoms with Crippen LogP contribution in [-0.2, 0) is 4.79 Å². The minimum absolute atomic E-state index is 0.131. The smallest absolute Gasteiger partial charge is 0.303 e. The Balaban J connectivity index is 2.01. The molecule has 1 N–H and O–H groups in total. The molecule has 0 aromatic heterocycles. The van der Waals surface area contributed by atoms with Crippen molar-refractivity contribution in [2.24, 2.45) is 5.92 Å². The fourth-order valence-corrected chi connectivity index (χ4v) is 2.72. The van der Waals surface area contributed by atoms with E-state index < -0.39 is 5.97 Å². The maximum absolute atomic E-state index is 13.6. The minimum Gasteiger partial charge on any atom is -0.481 e. The maximum Gasteiger partial charge on any atom is 0.303 e. The van der Waals surface area contributed by atoms with Crippen molar-refractivity contribution in [3.05, 3.63) is 35.1 Å². The molecule has 4 nitrogen and oxygen atoms in total. The number of aliphatic carboxylic acids is 1. The topological polar surface area (TPSA) is 57.6 Å². The highest BCUT2D eigenvalue weighted by Gasteiger charge is 2.25. The van der Waals surface area contributed by atoms with Crippen molar-refractivity contribution in [1.29, 1.82) is 0 Å². The molecule has 1 fully saturated rings. The molecule has 21 heavy (non-hydrogen) atoms. The van der Waals surface area contributed by atoms with E-state index in [1.54, 1.807) is 24.0 Å². The Labute approximate surface area is 123 Å². The maximum atomic E-state index is 13.6. The summed E-state index contributed by atoms with van der Waals surface area (Å²) < 4.78 is 13.6. The number of hydrogen-bond acceptors (Lipinski definition) is 2. The van der Waals surface area contributed by atoms with Gasteiger partial charge in [0.25, 0.3) is 5.91 Å². The molecule has 0 bridgehead atoms. The number of piperidine rings is 1. The van der Waals surface area contributed by atoms with Crippen LogP contribution in [-0.4, -0.2) is 35.0 Å². The Morgan fingerprint density at radius 1 is 1.43 bits per heavy atom. The van der Waals surface area contributed by atoms with E-state index in [4.69, 9.17) is 5.11 Å². The number of benzene rings is 1. The first kappa shape index (κ1) is 15.5. The van der Waals surface area contributed by atoms with Crippen molar-refractivity contribution in [2.75, 3.05) is 13.1 Å². The molecule has 1 saturated heterocycles. The molecular weight excluding hydrogens is 273 g/mol. The number of hydrogen-bond donors (Lipinski definition) is 1. The third kappa shape index (κ3) is 4.03. The molecule has 1 aromatic carbocycles. The lowest BCUT2D eigenvalue weighted by Crippen LogP contribution is -2.40. The summed E-state index contributed by atoms with van der Waals surface area (Å²) in [6.45, 7) is 2.87. The van der Waals surface area contributed by atoms with Crippen molar-refractivity contribution >= 4 is 11.9 Å². The number of amides is 1. The summed E-state index contributed by atoms with van der Waals surface area (Å²) in [4.78, 5) is 24.7. The van der Waals surface area contributed by atoms with Gasteiger partial charge in [-0.1, -0.05) is 6.07 Å². The summed E-state index contributed by atoms with van der Waals surface area (Å²) in [6, 6.07) is 4.52. The van der Waals surface area contributed by atoms with E-state index in [0.717, 1.165) is 12.8 Å². The molecule has 1 atom stereocenters. The number of aryl methyl sites for hydroxylation is 1. The average Bonchev–Trinajstić information content (AvgIpc) is 2.47. The summed E-state index contributed by atoms with van der Waals surface area (Å²) in [7, 11) is 0. The Kier molecular flexibility index (Phi) is 4.94. The van der Waals surface area contributed by atoms with Crippen LogP contribution >= 0.6 is 0 Å². The molecule has 0 radical (unpaired) electrons. The van der Waals surface area contributed by atoms with Crippen LogP contribution in [0, 0.1) is 18.7 Å². The normalized spacial score (nSPS) is 18.6. The lowest BCUT2D eigenvalue weighted by atomic mass is 9.93. The summed E-state index contributed by atoms with van der Waals surface area (Å²) >= 11 is 0. The number of carbonyl (C=O) groups is 2. The van der Waals surface area contributed by atoms with Gasteiger partial charge in [-0.25, -0.2) is 4.39 Å². The molecule has 1 aliphatic rings. The fourth-order valence-electron chi connectivity index (χ4n) is 2.72. The largest absolute Gasteiger partial charge is 0.481 e. The van der Waals surface area contributed by atoms with Crippen LogP contribution in [0.3, 0.4) is 0 Å². The predicted molar refractivity (Wildman–Crippen MR) is 76.6 cm³/mol. The second kappa shape index (κ2) is 6.70. The highest BCUT2D eigenvalue weighted by molar-refractivity contribution is 5.94. The molecule has 114 valence electrons. The third-order valence-corrected chi connectivity index (χ3v) is 3.99. The quantitative estimate of drug-likeness (QED) is 0.928. The van der Waals surface area contributed by atoms with Crippen molar-refractivity contribution in [2.45, 2.75) is 32.6 Å². The summed E-state index contributed by atoms with van der Waals surface area (Å²) in [6.07, 6.45) is 2.52. The molecule has 0 unspecified atom stereocenters. The van der Waals surface area contributed by atoms with Gasteiger partial charge >= 0.3 is 5.97 Å². The Morgan fingerprint density at radius 3 is 2.86 bits per heavy atom. The number of carboxylic acids is 1. The van der Waals surface area contributed by atoms with Gasteiger partial charge in [0.1, 0.15) is 5.82 Å². The van der Waals surface area contributed by atoms with Crippen LogP contribution in [0.15, 0.2) is 18.2 Å². The number of carbonyl (C=O) groups excluding carboxylic acids is 1. The van der Waals surface area contributed by atoms with Crippen LogP contribution in [0.25, 0.3) is 0 Å². The average molecular weight is 293 g/mol. The Hall–Kier alpha value is -1.91. The van der Waals surface area contributed by atoms with Gasteiger partial charge in [-0.2, -0.15) is 0 Å². The summed E-state index contributed by atoms with van der Waals surface area (Å²) in [5.41, 5.74) is 0.876. The summed E-state index contributed by atoms with van der Waals surface area (Å²) in [5.74, 6) is -1.14. The van der Waals surface area contributed by atoms with Gasteiger partial charge in [-0.3, -0.25) is 9.59 Å². The Morgan fingerprint density at radius 2 is 2.19 bits per heavy atom. The third-order valence-electron chi connectivity index (χ3n) is 3.99. The van der Waals surface area contributed by atoms with Crippen LogP contribution < -0.4 is 0 Å². The number of halogens is 1. The molecule has 2 rings (SSSR count). The second-order valence-electron chi connectivity index (χ2n) is 5.66. The van der Waals surface area contributed by atoms with E-state index in [1.165, 1.54) is 6.07 Å². The lowest BCUT2D eigenvalue weighted by molar-refractivity contribution is -0.137. The zero-order chi connectivity index (χ0) is 15.4. The molecule has 1 heterocycles. The molecule has 5 heteroatoms. The second-order valence-corrected chi connectivity index (χ2v) is 5.66. The first-order chi connectivity index (χ1) is 9.97. The molecule has 1 aromatic rings. The van der Waals surface area contributed by atoms with E-state index in [9.17, 15) is 14.0 Å². The highest BCUT2D eigenvalue weighted by atomic mass is 19.1. The fraction of sp³-hybridized carbons (Fsp3) is 0.500. The first-order valence-electron chi connectivity index (χ1n) is 7.24. The van der Waals surface area contributed by atoms with Gasteiger partial charge in [-0.15, -0.1) is 0 Å². The van der Waals surface area contributed by atoms with Crippen molar-refractivity contribution in [3.8, 4) is 0 Å². The monoisotopic (exact) mass is 293 g/mol. The molecular formula is C16H20FNO3. The zero-order valence-electron chi connectivity index (χ0n) is 12.1. The van der Waals surface area contributed by atoms with Gasteiger partial charge in [0.2, 0.25) is 0 Å². The van der Waals surface area contributed by atoms with Gasteiger partial charge in [0.15, 0.2) is 0 Å². The van der Waals surface area contributed by atoms with Crippen LogP contribution in [0.1, 0.15) is 41.6 Å². The number of nitrogens with zero attached hydrogens (tertiary/aromatic N) is 1. The van der Waals surface area contributed by atoms with Crippen molar-refractivity contribution in [3.63, 3.8) is 0 Å². The lowest BCUT2D eigenvalue weighted by Gasteiger charge is -2.32. The molecule has 0 spiro atoms. The van der Waals surface area contributed by atoms with Gasteiger partial charge in [0, 0.05) is 25.1 Å². The van der Waals surface area contributed by atoms with E-state index in [1.807, 2.05) is 0 Å². The number of likely N-dealkylation sites (tertiary alicyclic amines) is 1. The minimum atomic E-state index is -0.806. The molecule has 1 amide bonds. The molecule has 0 saturated carbocycles. The van der Waals surface area contributed by atoms with Gasteiger partial charge in [0.05, 0.1) is 0 Å². The highest BCUT2D eigenvalue weighted by Crippen LogP contribution is 2.23. The summed E-state index contributed by atoms with van der Waals surface area (Å²) in [5, 5.41) is 8.73.